The molecule has 1 aromatic heterocycles. The van der Waals surface area contributed by atoms with Crippen molar-refractivity contribution in [3.05, 3.63) is 71.6 Å². The molecule has 5 heteroatoms. The van der Waals surface area contributed by atoms with Gasteiger partial charge in [0.1, 0.15) is 11.5 Å². The number of aromatic nitrogens is 1. The van der Waals surface area contributed by atoms with Crippen LogP contribution < -0.4 is 4.74 Å². The molecule has 3 rings (SSSR count). The maximum atomic E-state index is 11.4. The van der Waals surface area contributed by atoms with Gasteiger partial charge in [-0.3, -0.25) is 4.79 Å². The lowest BCUT2D eigenvalue weighted by molar-refractivity contribution is -0.139. The second-order valence-electron chi connectivity index (χ2n) is 6.11. The monoisotopic (exact) mass is 365 g/mol. The number of ether oxygens (including phenoxy) is 2. The van der Waals surface area contributed by atoms with E-state index < -0.39 is 0 Å². The summed E-state index contributed by atoms with van der Waals surface area (Å²) in [5, 5.41) is 0. The number of aryl methyl sites for hydroxylation is 1. The molecule has 0 N–H and O–H groups in total. The lowest BCUT2D eigenvalue weighted by Crippen LogP contribution is -2.06. The Morgan fingerprint density at radius 3 is 2.67 bits per heavy atom. The lowest BCUT2D eigenvalue weighted by Gasteiger charge is -2.07. The summed E-state index contributed by atoms with van der Waals surface area (Å²) in [4.78, 5) is 16.0. The molecule has 140 valence electrons. The number of nitrogens with zero attached hydrogens (tertiary/aromatic N) is 1. The highest BCUT2D eigenvalue weighted by molar-refractivity contribution is 5.72. The first-order chi connectivity index (χ1) is 13.2. The van der Waals surface area contributed by atoms with Crippen LogP contribution >= 0.6 is 0 Å². The second kappa shape index (κ2) is 9.03. The Kier molecular flexibility index (Phi) is 6.26. The van der Waals surface area contributed by atoms with Crippen molar-refractivity contribution in [1.29, 1.82) is 0 Å². The first-order valence-corrected chi connectivity index (χ1v) is 9.02. The standard InChI is InChI=1S/C22H23NO4/c1-3-20-19(23-22(27-20)17-9-5-4-6-10-17)12-13-26-18-11-7-8-16(14-18)15-21(24)25-2/h4-11,14H,3,12-13,15H2,1-2H3. The Hall–Kier alpha value is -3.08. The van der Waals surface area contributed by atoms with Crippen molar-refractivity contribution in [2.45, 2.75) is 26.2 Å². The maximum Gasteiger partial charge on any atom is 0.309 e. The predicted molar refractivity (Wildman–Crippen MR) is 103 cm³/mol. The van der Waals surface area contributed by atoms with E-state index in [1.54, 1.807) is 0 Å². The molecule has 0 saturated heterocycles. The van der Waals surface area contributed by atoms with Crippen LogP contribution in [0.2, 0.25) is 0 Å². The molecule has 0 spiro atoms. The number of benzene rings is 2. The van der Waals surface area contributed by atoms with Gasteiger partial charge in [-0.15, -0.1) is 0 Å². The summed E-state index contributed by atoms with van der Waals surface area (Å²) in [7, 11) is 1.38. The van der Waals surface area contributed by atoms with Gasteiger partial charge in [0.25, 0.3) is 0 Å². The molecule has 27 heavy (non-hydrogen) atoms. The molecule has 0 aliphatic rings. The average Bonchev–Trinajstić information content (AvgIpc) is 3.12. The fourth-order valence-corrected chi connectivity index (χ4v) is 2.81. The minimum Gasteiger partial charge on any atom is -0.493 e. The van der Waals surface area contributed by atoms with Crippen molar-refractivity contribution >= 4 is 5.97 Å². The fourth-order valence-electron chi connectivity index (χ4n) is 2.81. The first-order valence-electron chi connectivity index (χ1n) is 9.02. The van der Waals surface area contributed by atoms with Crippen molar-refractivity contribution < 1.29 is 18.7 Å². The predicted octanol–water partition coefficient (Wildman–Crippen LogP) is 4.24. The number of rotatable bonds is 8. The molecule has 0 atom stereocenters. The number of carbonyl (C=O) groups is 1. The molecule has 0 amide bonds. The molecule has 1 heterocycles. The van der Waals surface area contributed by atoms with Crippen molar-refractivity contribution in [3.63, 3.8) is 0 Å². The average molecular weight is 365 g/mol. The number of hydrogen-bond donors (Lipinski definition) is 0. The summed E-state index contributed by atoms with van der Waals surface area (Å²) in [6.45, 7) is 2.53. The largest absolute Gasteiger partial charge is 0.493 e. The molecular formula is C22H23NO4. The number of carbonyl (C=O) groups excluding carboxylic acids is 1. The quantitative estimate of drug-likeness (QED) is 0.559. The summed E-state index contributed by atoms with van der Waals surface area (Å²) >= 11 is 0. The Balaban J connectivity index is 1.63. The van der Waals surface area contributed by atoms with E-state index in [1.807, 2.05) is 54.6 Å². The van der Waals surface area contributed by atoms with Crippen molar-refractivity contribution in [2.75, 3.05) is 13.7 Å². The lowest BCUT2D eigenvalue weighted by atomic mass is 10.1. The zero-order valence-electron chi connectivity index (χ0n) is 15.6. The Bertz CT molecular complexity index is 886. The molecule has 0 aliphatic carbocycles. The third kappa shape index (κ3) is 4.97. The summed E-state index contributed by atoms with van der Waals surface area (Å²) in [6.07, 6.45) is 1.67. The van der Waals surface area contributed by atoms with Gasteiger partial charge in [0.2, 0.25) is 5.89 Å². The Morgan fingerprint density at radius 1 is 1.11 bits per heavy atom. The van der Waals surface area contributed by atoms with Crippen molar-refractivity contribution in [3.8, 4) is 17.2 Å². The minimum absolute atomic E-state index is 0.234. The van der Waals surface area contributed by atoms with E-state index in [2.05, 4.69) is 11.9 Å². The van der Waals surface area contributed by atoms with Gasteiger partial charge < -0.3 is 13.9 Å². The fraction of sp³-hybridized carbons (Fsp3) is 0.273. The van der Waals surface area contributed by atoms with Crippen LogP contribution in [0.4, 0.5) is 0 Å². The number of methoxy groups -OCH3 is 1. The molecule has 5 nitrogen and oxygen atoms in total. The number of hydrogen-bond acceptors (Lipinski definition) is 5. The highest BCUT2D eigenvalue weighted by Gasteiger charge is 2.13. The zero-order chi connectivity index (χ0) is 19.1. The van der Waals surface area contributed by atoms with Crippen LogP contribution in [0, 0.1) is 0 Å². The maximum absolute atomic E-state index is 11.4. The number of oxazole rings is 1. The van der Waals surface area contributed by atoms with E-state index >= 15 is 0 Å². The van der Waals surface area contributed by atoms with Gasteiger partial charge in [-0.1, -0.05) is 37.3 Å². The van der Waals surface area contributed by atoms with Crippen molar-refractivity contribution in [1.82, 2.24) is 4.98 Å². The molecule has 0 bridgehead atoms. The molecule has 3 aromatic rings. The number of esters is 1. The minimum atomic E-state index is -0.268. The van der Waals surface area contributed by atoms with Crippen LogP contribution in [-0.2, 0) is 28.8 Å². The third-order valence-corrected chi connectivity index (χ3v) is 4.20. The van der Waals surface area contributed by atoms with Gasteiger partial charge in [-0.05, 0) is 29.8 Å². The first kappa shape index (κ1) is 18.7. The van der Waals surface area contributed by atoms with E-state index in [4.69, 9.17) is 13.9 Å². The SMILES string of the molecule is CCc1oc(-c2ccccc2)nc1CCOc1cccc(CC(=O)OC)c1. The van der Waals surface area contributed by atoms with Gasteiger partial charge in [-0.25, -0.2) is 4.98 Å². The van der Waals surface area contributed by atoms with E-state index in [0.29, 0.717) is 18.9 Å². The molecule has 0 unspecified atom stereocenters. The van der Waals surface area contributed by atoms with Crippen LogP contribution in [0.3, 0.4) is 0 Å². The molecule has 0 fully saturated rings. The zero-order valence-corrected chi connectivity index (χ0v) is 15.6. The van der Waals surface area contributed by atoms with E-state index in [1.165, 1.54) is 7.11 Å². The summed E-state index contributed by atoms with van der Waals surface area (Å²) < 4.78 is 16.5. The second-order valence-corrected chi connectivity index (χ2v) is 6.11. The van der Waals surface area contributed by atoms with Crippen LogP contribution in [0.1, 0.15) is 23.9 Å². The van der Waals surface area contributed by atoms with E-state index in [9.17, 15) is 4.79 Å². The van der Waals surface area contributed by atoms with Crippen LogP contribution in [0.5, 0.6) is 5.75 Å². The molecule has 0 saturated carbocycles. The Morgan fingerprint density at radius 2 is 1.93 bits per heavy atom. The molecular weight excluding hydrogens is 342 g/mol. The van der Waals surface area contributed by atoms with Gasteiger partial charge >= 0.3 is 5.97 Å². The normalized spacial score (nSPS) is 10.6. The van der Waals surface area contributed by atoms with Gasteiger partial charge in [0, 0.05) is 18.4 Å². The molecule has 0 aliphatic heterocycles. The van der Waals surface area contributed by atoms with Crippen LogP contribution in [0.15, 0.2) is 59.0 Å². The van der Waals surface area contributed by atoms with E-state index in [-0.39, 0.29) is 12.4 Å². The van der Waals surface area contributed by atoms with Crippen LogP contribution in [0.25, 0.3) is 11.5 Å². The van der Waals surface area contributed by atoms with Crippen LogP contribution in [-0.4, -0.2) is 24.7 Å². The topological polar surface area (TPSA) is 61.6 Å². The van der Waals surface area contributed by atoms with Gasteiger partial charge in [0.05, 0.1) is 25.8 Å². The van der Waals surface area contributed by atoms with E-state index in [0.717, 1.165) is 34.8 Å². The van der Waals surface area contributed by atoms with Gasteiger partial charge in [-0.2, -0.15) is 0 Å². The highest BCUT2D eigenvalue weighted by Crippen LogP contribution is 2.23. The third-order valence-electron chi connectivity index (χ3n) is 4.20. The summed E-state index contributed by atoms with van der Waals surface area (Å²) in [6, 6.07) is 17.4. The Labute approximate surface area is 159 Å². The summed E-state index contributed by atoms with van der Waals surface area (Å²) in [5.74, 6) is 1.98. The van der Waals surface area contributed by atoms with Gasteiger partial charge in [0.15, 0.2) is 0 Å². The van der Waals surface area contributed by atoms with Crippen molar-refractivity contribution in [2.24, 2.45) is 0 Å². The summed E-state index contributed by atoms with van der Waals surface area (Å²) in [5.41, 5.74) is 2.75. The molecule has 0 radical (unpaired) electrons. The molecule has 2 aromatic carbocycles. The smallest absolute Gasteiger partial charge is 0.309 e. The highest BCUT2D eigenvalue weighted by atomic mass is 16.5.